The average molecular weight is 314 g/mol. The number of hydrogen-bond donors (Lipinski definition) is 1. The maximum atomic E-state index is 12.4. The summed E-state index contributed by atoms with van der Waals surface area (Å²) in [6.07, 6.45) is 7.07. The second-order valence-corrected chi connectivity index (χ2v) is 5.37. The van der Waals surface area contributed by atoms with Crippen molar-refractivity contribution in [1.29, 1.82) is 0 Å². The summed E-state index contributed by atoms with van der Waals surface area (Å²) in [4.78, 5) is 20.9. The Morgan fingerprint density at radius 1 is 1.04 bits per heavy atom. The van der Waals surface area contributed by atoms with Crippen molar-refractivity contribution in [3.05, 3.63) is 84.9 Å². The van der Waals surface area contributed by atoms with E-state index >= 15 is 0 Å². The topological polar surface area (TPSA) is 59.3 Å². The fraction of sp³-hybridized carbons (Fsp3) is 0. The number of anilines is 1. The highest BCUT2D eigenvalue weighted by molar-refractivity contribution is 6.04. The molecule has 0 atom stereocenters. The van der Waals surface area contributed by atoms with Crippen molar-refractivity contribution in [1.82, 2.24) is 14.4 Å². The molecule has 0 spiro atoms. The van der Waals surface area contributed by atoms with Crippen LogP contribution in [0.15, 0.2) is 79.4 Å². The van der Waals surface area contributed by atoms with E-state index in [0.717, 1.165) is 16.9 Å². The van der Waals surface area contributed by atoms with E-state index in [1.54, 1.807) is 36.7 Å². The van der Waals surface area contributed by atoms with Crippen molar-refractivity contribution in [2.24, 2.45) is 0 Å². The molecule has 3 aromatic heterocycles. The summed E-state index contributed by atoms with van der Waals surface area (Å²) >= 11 is 0. The summed E-state index contributed by atoms with van der Waals surface area (Å²) < 4.78 is 1.91. The van der Waals surface area contributed by atoms with Gasteiger partial charge in [0.05, 0.1) is 17.6 Å². The molecular weight excluding hydrogens is 300 g/mol. The molecule has 4 aromatic rings. The van der Waals surface area contributed by atoms with E-state index in [0.29, 0.717) is 11.3 Å². The fourth-order valence-corrected chi connectivity index (χ4v) is 2.51. The van der Waals surface area contributed by atoms with E-state index in [9.17, 15) is 4.79 Å². The molecule has 0 aliphatic carbocycles. The first-order valence-corrected chi connectivity index (χ1v) is 7.55. The first-order valence-electron chi connectivity index (χ1n) is 7.55. The standard InChI is InChI=1S/C19H14N4O/c24-19(21-16-7-4-9-20-12-16)15-8-10-23-13-17(22-18(23)11-15)14-5-2-1-3-6-14/h1-13H,(H,21,24). The van der Waals surface area contributed by atoms with Gasteiger partial charge in [0.15, 0.2) is 0 Å². The van der Waals surface area contributed by atoms with Crippen LogP contribution in [-0.2, 0) is 0 Å². The number of nitrogens with zero attached hydrogens (tertiary/aromatic N) is 3. The summed E-state index contributed by atoms with van der Waals surface area (Å²) in [5.41, 5.74) is 3.86. The molecule has 0 saturated heterocycles. The van der Waals surface area contributed by atoms with Crippen molar-refractivity contribution >= 4 is 17.2 Å². The van der Waals surface area contributed by atoms with Gasteiger partial charge in [-0.25, -0.2) is 4.98 Å². The van der Waals surface area contributed by atoms with Crippen LogP contribution in [0, 0.1) is 0 Å². The average Bonchev–Trinajstić information content (AvgIpc) is 3.06. The molecule has 0 saturated carbocycles. The van der Waals surface area contributed by atoms with E-state index in [4.69, 9.17) is 0 Å². The molecule has 5 heteroatoms. The minimum atomic E-state index is -0.185. The molecule has 116 valence electrons. The quantitative estimate of drug-likeness (QED) is 0.628. The van der Waals surface area contributed by atoms with Gasteiger partial charge in [0.1, 0.15) is 5.65 Å². The molecule has 1 aromatic carbocycles. The lowest BCUT2D eigenvalue weighted by molar-refractivity contribution is 0.102. The number of aromatic nitrogens is 3. The predicted octanol–water partition coefficient (Wildman–Crippen LogP) is 3.65. The van der Waals surface area contributed by atoms with Crippen molar-refractivity contribution < 1.29 is 4.79 Å². The van der Waals surface area contributed by atoms with Gasteiger partial charge in [-0.05, 0) is 24.3 Å². The van der Waals surface area contributed by atoms with Crippen molar-refractivity contribution in [3.8, 4) is 11.3 Å². The summed E-state index contributed by atoms with van der Waals surface area (Å²) in [5, 5.41) is 2.82. The summed E-state index contributed by atoms with van der Waals surface area (Å²) in [7, 11) is 0. The Morgan fingerprint density at radius 2 is 1.92 bits per heavy atom. The summed E-state index contributed by atoms with van der Waals surface area (Å²) in [6, 6.07) is 17.1. The number of pyridine rings is 2. The number of hydrogen-bond acceptors (Lipinski definition) is 3. The van der Waals surface area contributed by atoms with Crippen LogP contribution in [0.1, 0.15) is 10.4 Å². The van der Waals surface area contributed by atoms with Gasteiger partial charge in [0, 0.05) is 29.7 Å². The van der Waals surface area contributed by atoms with Crippen molar-refractivity contribution in [2.45, 2.75) is 0 Å². The van der Waals surface area contributed by atoms with Gasteiger partial charge in [-0.2, -0.15) is 0 Å². The highest BCUT2D eigenvalue weighted by atomic mass is 16.1. The molecule has 0 fully saturated rings. The molecule has 0 unspecified atom stereocenters. The molecule has 24 heavy (non-hydrogen) atoms. The molecule has 5 nitrogen and oxygen atoms in total. The maximum Gasteiger partial charge on any atom is 0.255 e. The zero-order chi connectivity index (χ0) is 16.4. The van der Waals surface area contributed by atoms with Crippen LogP contribution >= 0.6 is 0 Å². The van der Waals surface area contributed by atoms with Gasteiger partial charge < -0.3 is 9.72 Å². The first-order chi connectivity index (χ1) is 11.8. The van der Waals surface area contributed by atoms with E-state index in [1.807, 2.05) is 47.1 Å². The lowest BCUT2D eigenvalue weighted by Crippen LogP contribution is -2.12. The smallest absolute Gasteiger partial charge is 0.255 e. The zero-order valence-electron chi connectivity index (χ0n) is 12.8. The predicted molar refractivity (Wildman–Crippen MR) is 92.8 cm³/mol. The highest BCUT2D eigenvalue weighted by Gasteiger charge is 2.09. The molecule has 0 radical (unpaired) electrons. The molecule has 3 heterocycles. The van der Waals surface area contributed by atoms with E-state index in [1.165, 1.54) is 0 Å². The van der Waals surface area contributed by atoms with E-state index in [2.05, 4.69) is 15.3 Å². The van der Waals surface area contributed by atoms with Gasteiger partial charge in [0.25, 0.3) is 5.91 Å². The van der Waals surface area contributed by atoms with Gasteiger partial charge in [-0.3, -0.25) is 9.78 Å². The van der Waals surface area contributed by atoms with Crippen LogP contribution in [0.4, 0.5) is 5.69 Å². The Hall–Kier alpha value is -3.47. The monoisotopic (exact) mass is 314 g/mol. The summed E-state index contributed by atoms with van der Waals surface area (Å²) in [6.45, 7) is 0. The Balaban J connectivity index is 1.65. The molecule has 0 bridgehead atoms. The molecule has 0 aliphatic heterocycles. The number of rotatable bonds is 3. The van der Waals surface area contributed by atoms with Gasteiger partial charge in [-0.15, -0.1) is 0 Å². The Labute approximate surface area is 138 Å². The first kappa shape index (κ1) is 14.1. The molecule has 1 N–H and O–H groups in total. The van der Waals surface area contributed by atoms with Crippen LogP contribution in [0.5, 0.6) is 0 Å². The Bertz CT molecular complexity index is 994. The third-order valence-electron chi connectivity index (χ3n) is 3.71. The minimum Gasteiger partial charge on any atom is -0.321 e. The minimum absolute atomic E-state index is 0.185. The number of benzene rings is 1. The highest BCUT2D eigenvalue weighted by Crippen LogP contribution is 2.19. The van der Waals surface area contributed by atoms with E-state index in [-0.39, 0.29) is 5.91 Å². The third-order valence-corrected chi connectivity index (χ3v) is 3.71. The van der Waals surface area contributed by atoms with Crippen molar-refractivity contribution in [2.75, 3.05) is 5.32 Å². The number of nitrogens with one attached hydrogen (secondary N) is 1. The Kier molecular flexibility index (Phi) is 3.51. The van der Waals surface area contributed by atoms with Crippen LogP contribution in [0.2, 0.25) is 0 Å². The lowest BCUT2D eigenvalue weighted by Gasteiger charge is -2.04. The largest absolute Gasteiger partial charge is 0.321 e. The molecule has 0 aliphatic rings. The van der Waals surface area contributed by atoms with Crippen LogP contribution < -0.4 is 5.32 Å². The van der Waals surface area contributed by atoms with Crippen molar-refractivity contribution in [3.63, 3.8) is 0 Å². The van der Waals surface area contributed by atoms with Crippen LogP contribution in [0.25, 0.3) is 16.9 Å². The molecule has 1 amide bonds. The maximum absolute atomic E-state index is 12.4. The summed E-state index contributed by atoms with van der Waals surface area (Å²) in [5.74, 6) is -0.185. The lowest BCUT2D eigenvalue weighted by atomic mass is 10.2. The second-order valence-electron chi connectivity index (χ2n) is 5.37. The third kappa shape index (κ3) is 2.75. The number of carbonyl (C=O) groups excluding carboxylic acids is 1. The zero-order valence-corrected chi connectivity index (χ0v) is 12.8. The number of imidazole rings is 1. The number of carbonyl (C=O) groups is 1. The SMILES string of the molecule is O=C(Nc1cccnc1)c1ccn2cc(-c3ccccc3)nc2c1. The molecule has 4 rings (SSSR count). The van der Waals surface area contributed by atoms with Gasteiger partial charge >= 0.3 is 0 Å². The van der Waals surface area contributed by atoms with Crippen LogP contribution in [-0.4, -0.2) is 20.3 Å². The van der Waals surface area contributed by atoms with Gasteiger partial charge in [0.2, 0.25) is 0 Å². The Morgan fingerprint density at radius 3 is 2.71 bits per heavy atom. The normalized spacial score (nSPS) is 10.7. The molecular formula is C19H14N4O. The fourth-order valence-electron chi connectivity index (χ4n) is 2.51. The van der Waals surface area contributed by atoms with Crippen LogP contribution in [0.3, 0.4) is 0 Å². The number of amides is 1. The number of fused-ring (bicyclic) bond motifs is 1. The second kappa shape index (κ2) is 5.96. The van der Waals surface area contributed by atoms with E-state index < -0.39 is 0 Å². The van der Waals surface area contributed by atoms with Gasteiger partial charge in [-0.1, -0.05) is 30.3 Å².